The second-order valence-corrected chi connectivity index (χ2v) is 5.81. The number of carbonyl (C=O) groups excluding carboxylic acids is 1. The fraction of sp³-hybridized carbons (Fsp3) is 0.333. The molecule has 23 heavy (non-hydrogen) atoms. The molecule has 0 aliphatic carbocycles. The number of pyridine rings is 1. The summed E-state index contributed by atoms with van der Waals surface area (Å²) < 4.78 is 0. The topological polar surface area (TPSA) is 101 Å². The van der Waals surface area contributed by atoms with Crippen LogP contribution in [0.2, 0.25) is 5.15 Å². The standard InChI is InChI=1S/C15H17ClN6O/c16-12-9-10(3-6-18-12)1-2-13(23)22-7-4-11(5-8-22)14-19-15(17)21-20-14/h1-3,6,9,11H,4-5,7-8H2,(H3,17,19,20,21)/b2-1+. The van der Waals surface area contributed by atoms with E-state index in [1.54, 1.807) is 30.5 Å². The van der Waals surface area contributed by atoms with Crippen LogP contribution in [-0.4, -0.2) is 44.1 Å². The smallest absolute Gasteiger partial charge is 0.246 e. The maximum absolute atomic E-state index is 12.2. The lowest BCUT2D eigenvalue weighted by Gasteiger charge is -2.30. The Kier molecular flexibility index (Phi) is 4.57. The van der Waals surface area contributed by atoms with Crippen LogP contribution in [0.5, 0.6) is 0 Å². The Morgan fingerprint density at radius 3 is 2.87 bits per heavy atom. The van der Waals surface area contributed by atoms with Crippen LogP contribution in [-0.2, 0) is 4.79 Å². The third-order valence-corrected chi connectivity index (χ3v) is 4.09. The van der Waals surface area contributed by atoms with Crippen LogP contribution >= 0.6 is 11.6 Å². The summed E-state index contributed by atoms with van der Waals surface area (Å²) in [6.07, 6.45) is 6.61. The molecule has 2 aromatic heterocycles. The minimum Gasteiger partial charge on any atom is -0.367 e. The van der Waals surface area contributed by atoms with Crippen molar-refractivity contribution in [3.05, 3.63) is 40.9 Å². The van der Waals surface area contributed by atoms with Crippen molar-refractivity contribution in [2.24, 2.45) is 0 Å². The summed E-state index contributed by atoms with van der Waals surface area (Å²) in [5.74, 6) is 1.33. The molecule has 7 nitrogen and oxygen atoms in total. The Morgan fingerprint density at radius 1 is 1.43 bits per heavy atom. The number of hydrogen-bond donors (Lipinski definition) is 2. The van der Waals surface area contributed by atoms with E-state index in [9.17, 15) is 4.79 Å². The molecule has 1 aliphatic rings. The molecule has 3 heterocycles. The zero-order valence-corrected chi connectivity index (χ0v) is 13.2. The number of nitrogens with two attached hydrogens (primary N) is 1. The number of piperidine rings is 1. The number of aromatic nitrogens is 4. The highest BCUT2D eigenvalue weighted by Crippen LogP contribution is 2.25. The van der Waals surface area contributed by atoms with E-state index in [-0.39, 0.29) is 17.8 Å². The van der Waals surface area contributed by atoms with Crippen molar-refractivity contribution in [3.63, 3.8) is 0 Å². The molecule has 120 valence electrons. The van der Waals surface area contributed by atoms with Gasteiger partial charge in [-0.15, -0.1) is 5.10 Å². The lowest BCUT2D eigenvalue weighted by atomic mass is 9.96. The number of anilines is 1. The molecule has 1 fully saturated rings. The molecule has 8 heteroatoms. The van der Waals surface area contributed by atoms with Gasteiger partial charge >= 0.3 is 0 Å². The van der Waals surface area contributed by atoms with E-state index in [0.29, 0.717) is 18.2 Å². The molecule has 0 bridgehead atoms. The zero-order valence-electron chi connectivity index (χ0n) is 12.4. The highest BCUT2D eigenvalue weighted by molar-refractivity contribution is 6.29. The first-order valence-corrected chi connectivity index (χ1v) is 7.76. The Hall–Kier alpha value is -2.41. The summed E-state index contributed by atoms with van der Waals surface area (Å²) in [7, 11) is 0. The number of likely N-dealkylation sites (tertiary alicyclic amines) is 1. The van der Waals surface area contributed by atoms with Gasteiger partial charge in [-0.3, -0.25) is 9.89 Å². The summed E-state index contributed by atoms with van der Waals surface area (Å²) in [4.78, 5) is 22.1. The molecule has 3 N–H and O–H groups in total. The number of H-pyrrole nitrogens is 1. The molecule has 2 aromatic rings. The van der Waals surface area contributed by atoms with Gasteiger partial charge in [-0.25, -0.2) is 4.98 Å². The number of hydrogen-bond acceptors (Lipinski definition) is 5. The number of nitrogen functional groups attached to an aromatic ring is 1. The van der Waals surface area contributed by atoms with Gasteiger partial charge in [0.15, 0.2) is 0 Å². The second-order valence-electron chi connectivity index (χ2n) is 5.42. The summed E-state index contributed by atoms with van der Waals surface area (Å²) in [6.45, 7) is 1.37. The third-order valence-electron chi connectivity index (χ3n) is 3.88. The van der Waals surface area contributed by atoms with Gasteiger partial charge in [0.2, 0.25) is 11.9 Å². The van der Waals surface area contributed by atoms with Crippen molar-refractivity contribution < 1.29 is 4.79 Å². The lowest BCUT2D eigenvalue weighted by Crippen LogP contribution is -2.37. The van der Waals surface area contributed by atoms with Gasteiger partial charge in [0.05, 0.1) is 0 Å². The van der Waals surface area contributed by atoms with Crippen LogP contribution in [0, 0.1) is 0 Å². The highest BCUT2D eigenvalue weighted by Gasteiger charge is 2.24. The first kappa shape index (κ1) is 15.5. The minimum absolute atomic E-state index is 0.00605. The van der Waals surface area contributed by atoms with Crippen LogP contribution in [0.1, 0.15) is 30.1 Å². The Labute approximate surface area is 138 Å². The number of nitrogens with zero attached hydrogens (tertiary/aromatic N) is 4. The SMILES string of the molecule is Nc1n[nH]c(C2CCN(C(=O)/C=C/c3ccnc(Cl)c3)CC2)n1. The summed E-state index contributed by atoms with van der Waals surface area (Å²) in [6, 6.07) is 3.52. The molecular weight excluding hydrogens is 316 g/mol. The Balaban J connectivity index is 1.56. The van der Waals surface area contributed by atoms with Gasteiger partial charge in [-0.2, -0.15) is 4.98 Å². The number of halogens is 1. The van der Waals surface area contributed by atoms with E-state index in [2.05, 4.69) is 20.2 Å². The quantitative estimate of drug-likeness (QED) is 0.660. The van der Waals surface area contributed by atoms with E-state index in [4.69, 9.17) is 17.3 Å². The monoisotopic (exact) mass is 332 g/mol. The lowest BCUT2D eigenvalue weighted by molar-refractivity contribution is -0.127. The second kappa shape index (κ2) is 6.78. The van der Waals surface area contributed by atoms with Crippen LogP contribution in [0.4, 0.5) is 5.95 Å². The van der Waals surface area contributed by atoms with Crippen molar-refractivity contribution in [1.82, 2.24) is 25.1 Å². The molecule has 0 unspecified atom stereocenters. The van der Waals surface area contributed by atoms with Crippen molar-refractivity contribution in [2.75, 3.05) is 18.8 Å². The molecule has 0 atom stereocenters. The minimum atomic E-state index is -0.00605. The van der Waals surface area contributed by atoms with Gasteiger partial charge < -0.3 is 10.6 Å². The predicted molar refractivity (Wildman–Crippen MR) is 87.6 cm³/mol. The van der Waals surface area contributed by atoms with Crippen molar-refractivity contribution in [3.8, 4) is 0 Å². The number of rotatable bonds is 3. The molecule has 1 aliphatic heterocycles. The van der Waals surface area contributed by atoms with Crippen molar-refractivity contribution >= 4 is 29.5 Å². The van der Waals surface area contributed by atoms with Gasteiger partial charge in [0.1, 0.15) is 11.0 Å². The molecule has 0 spiro atoms. The molecule has 0 aromatic carbocycles. The van der Waals surface area contributed by atoms with Crippen LogP contribution in [0.15, 0.2) is 24.4 Å². The van der Waals surface area contributed by atoms with Gasteiger partial charge in [-0.1, -0.05) is 11.6 Å². The van der Waals surface area contributed by atoms with Crippen LogP contribution < -0.4 is 5.73 Å². The predicted octanol–water partition coefficient (Wildman–Crippen LogP) is 1.85. The number of nitrogens with one attached hydrogen (secondary N) is 1. The van der Waals surface area contributed by atoms with Gasteiger partial charge in [0.25, 0.3) is 0 Å². The van der Waals surface area contributed by atoms with Crippen molar-refractivity contribution in [1.29, 1.82) is 0 Å². The first-order valence-electron chi connectivity index (χ1n) is 7.38. The maximum atomic E-state index is 12.2. The molecule has 0 saturated carbocycles. The average molecular weight is 333 g/mol. The fourth-order valence-electron chi connectivity index (χ4n) is 2.64. The summed E-state index contributed by atoms with van der Waals surface area (Å²) in [5.41, 5.74) is 6.38. The Bertz CT molecular complexity index is 720. The average Bonchev–Trinajstić information content (AvgIpc) is 2.99. The van der Waals surface area contributed by atoms with Crippen LogP contribution in [0.25, 0.3) is 6.08 Å². The maximum Gasteiger partial charge on any atom is 0.246 e. The van der Waals surface area contributed by atoms with E-state index >= 15 is 0 Å². The van der Waals surface area contributed by atoms with Gasteiger partial charge in [-0.05, 0) is 36.6 Å². The van der Waals surface area contributed by atoms with E-state index < -0.39 is 0 Å². The molecule has 1 amide bonds. The van der Waals surface area contributed by atoms with Crippen molar-refractivity contribution in [2.45, 2.75) is 18.8 Å². The van der Waals surface area contributed by atoms with Crippen LogP contribution in [0.3, 0.4) is 0 Å². The molecular formula is C15H17ClN6O. The molecule has 1 saturated heterocycles. The van der Waals surface area contributed by atoms with E-state index in [0.717, 1.165) is 24.2 Å². The highest BCUT2D eigenvalue weighted by atomic mass is 35.5. The first-order chi connectivity index (χ1) is 11.1. The van der Waals surface area contributed by atoms with E-state index in [1.807, 2.05) is 4.90 Å². The fourth-order valence-corrected chi connectivity index (χ4v) is 2.82. The normalized spacial score (nSPS) is 16.1. The number of aromatic amines is 1. The largest absolute Gasteiger partial charge is 0.367 e. The third kappa shape index (κ3) is 3.87. The van der Waals surface area contributed by atoms with Gasteiger partial charge in [0, 0.05) is 31.3 Å². The Morgan fingerprint density at radius 2 is 2.22 bits per heavy atom. The van der Waals surface area contributed by atoms with E-state index in [1.165, 1.54) is 0 Å². The molecule has 3 rings (SSSR count). The summed E-state index contributed by atoms with van der Waals surface area (Å²) in [5, 5.41) is 7.11. The number of amides is 1. The number of carbonyl (C=O) groups is 1. The molecule has 0 radical (unpaired) electrons. The zero-order chi connectivity index (χ0) is 16.2. The summed E-state index contributed by atoms with van der Waals surface area (Å²) >= 11 is 5.82.